The molecule has 2 N–H and O–H groups in total. The van der Waals surface area contributed by atoms with Crippen molar-refractivity contribution >= 4 is 47.4 Å². The Labute approximate surface area is 126 Å². The molecule has 1 nitrogen and oxygen atoms in total. The van der Waals surface area contributed by atoms with Crippen LogP contribution in [-0.2, 0) is 0 Å². The highest BCUT2D eigenvalue weighted by Gasteiger charge is 2.65. The Bertz CT molecular complexity index is 527. The fraction of sp³-hybridized carbons (Fsp3) is 0.333. The van der Waals surface area contributed by atoms with Crippen molar-refractivity contribution in [3.05, 3.63) is 21.1 Å². The second-order valence-corrected chi connectivity index (χ2v) is 9.18. The van der Waals surface area contributed by atoms with Gasteiger partial charge < -0.3 is 5.73 Å². The zero-order valence-electron chi connectivity index (χ0n) is 9.46. The standard InChI is InChI=1S/C9H8Br2F7NS/c10-6-3-5(4-7(11)8(6)19)20(15,16,17,18)2-1-9(12,13)14/h3-4H,1-2,19H2. The van der Waals surface area contributed by atoms with E-state index < -0.39 is 33.1 Å². The van der Waals surface area contributed by atoms with Gasteiger partial charge in [-0.2, -0.15) is 13.2 Å². The zero-order chi connectivity index (χ0) is 16.0. The lowest BCUT2D eigenvalue weighted by molar-refractivity contribution is -0.130. The minimum atomic E-state index is -9.04. The van der Waals surface area contributed by atoms with Crippen molar-refractivity contribution in [3.8, 4) is 0 Å². The van der Waals surface area contributed by atoms with Crippen LogP contribution in [-0.4, -0.2) is 11.9 Å². The van der Waals surface area contributed by atoms with Gasteiger partial charge in [0.2, 0.25) is 0 Å². The van der Waals surface area contributed by atoms with Crippen LogP contribution < -0.4 is 5.73 Å². The summed E-state index contributed by atoms with van der Waals surface area (Å²) in [7, 11) is -9.04. The van der Waals surface area contributed by atoms with Gasteiger partial charge in [0.15, 0.2) is 9.84 Å². The Morgan fingerprint density at radius 1 is 1.00 bits per heavy atom. The third-order valence-electron chi connectivity index (χ3n) is 2.37. The maximum atomic E-state index is 13.8. The Kier molecular flexibility index (Phi) is 3.95. The first-order valence-corrected chi connectivity index (χ1v) is 8.66. The van der Waals surface area contributed by atoms with E-state index in [9.17, 15) is 28.7 Å². The van der Waals surface area contributed by atoms with Crippen LogP contribution in [0.1, 0.15) is 6.42 Å². The molecule has 0 radical (unpaired) electrons. The maximum absolute atomic E-state index is 13.8. The van der Waals surface area contributed by atoms with Gasteiger partial charge in [-0.3, -0.25) is 0 Å². The Hall–Kier alpha value is -0.160. The van der Waals surface area contributed by atoms with E-state index in [0.29, 0.717) is 12.1 Å². The van der Waals surface area contributed by atoms with Crippen molar-refractivity contribution in [1.82, 2.24) is 0 Å². The number of alkyl halides is 3. The summed E-state index contributed by atoms with van der Waals surface area (Å²) in [5.41, 5.74) is 5.26. The number of nitrogen functional groups attached to an aromatic ring is 1. The molecule has 20 heavy (non-hydrogen) atoms. The SMILES string of the molecule is Nc1c(Br)cc(S(F)(F)(F)(F)CCC(F)(F)F)cc1Br. The molecule has 0 saturated heterocycles. The fourth-order valence-electron chi connectivity index (χ4n) is 1.26. The van der Waals surface area contributed by atoms with Gasteiger partial charge in [0, 0.05) is 8.95 Å². The predicted octanol–water partition coefficient (Wildman–Crippen LogP) is 6.52. The van der Waals surface area contributed by atoms with Crippen LogP contribution in [0.3, 0.4) is 0 Å². The summed E-state index contributed by atoms with van der Waals surface area (Å²) in [5.74, 6) is -2.58. The molecule has 1 aromatic rings. The Morgan fingerprint density at radius 3 is 1.75 bits per heavy atom. The molecule has 0 spiro atoms. The molecule has 0 bridgehead atoms. The summed E-state index contributed by atoms with van der Waals surface area (Å²) in [6.45, 7) is 0. The van der Waals surface area contributed by atoms with E-state index in [1.807, 2.05) is 0 Å². The van der Waals surface area contributed by atoms with Crippen LogP contribution in [0.4, 0.5) is 34.4 Å². The molecule has 0 heterocycles. The van der Waals surface area contributed by atoms with Crippen LogP contribution in [0.5, 0.6) is 0 Å². The van der Waals surface area contributed by atoms with E-state index in [0.717, 1.165) is 0 Å². The van der Waals surface area contributed by atoms with Crippen molar-refractivity contribution in [1.29, 1.82) is 0 Å². The largest absolute Gasteiger partial charge is 0.397 e. The number of halogens is 9. The normalized spacial score (nSPS) is 16.6. The van der Waals surface area contributed by atoms with E-state index >= 15 is 0 Å². The highest BCUT2D eigenvalue weighted by molar-refractivity contribution is 9.11. The number of nitrogens with two attached hydrogens (primary N) is 1. The quantitative estimate of drug-likeness (QED) is 0.408. The highest BCUT2D eigenvalue weighted by Crippen LogP contribution is 3.00. The fourth-order valence-corrected chi connectivity index (χ4v) is 4.39. The first-order chi connectivity index (χ1) is 8.54. The van der Waals surface area contributed by atoms with Crippen molar-refractivity contribution in [2.24, 2.45) is 0 Å². The van der Waals surface area contributed by atoms with Gasteiger partial charge in [-0.05, 0) is 44.0 Å². The van der Waals surface area contributed by atoms with Crippen LogP contribution in [0.2, 0.25) is 0 Å². The summed E-state index contributed by atoms with van der Waals surface area (Å²) >= 11 is 5.41. The third-order valence-corrected chi connectivity index (χ3v) is 5.99. The first-order valence-electron chi connectivity index (χ1n) is 4.85. The summed E-state index contributed by atoms with van der Waals surface area (Å²) in [6.07, 6.45) is -7.39. The van der Waals surface area contributed by atoms with E-state index in [-0.39, 0.29) is 14.6 Å². The van der Waals surface area contributed by atoms with Crippen LogP contribution in [0.15, 0.2) is 26.0 Å². The number of hydrogen-bond donors (Lipinski definition) is 1. The highest BCUT2D eigenvalue weighted by atomic mass is 79.9. The number of benzene rings is 1. The molecule has 11 heteroatoms. The average molecular weight is 455 g/mol. The van der Waals surface area contributed by atoms with E-state index in [4.69, 9.17) is 5.73 Å². The molecule has 1 aromatic carbocycles. The number of rotatable bonds is 3. The van der Waals surface area contributed by atoms with Crippen molar-refractivity contribution < 1.29 is 28.7 Å². The van der Waals surface area contributed by atoms with Crippen LogP contribution in [0.25, 0.3) is 0 Å². The molecular weight excluding hydrogens is 447 g/mol. The van der Waals surface area contributed by atoms with Crippen molar-refractivity contribution in [3.63, 3.8) is 0 Å². The summed E-state index contributed by atoms with van der Waals surface area (Å²) in [5, 5.41) is 0. The second kappa shape index (κ2) is 4.42. The Morgan fingerprint density at radius 2 is 1.40 bits per heavy atom. The van der Waals surface area contributed by atoms with Crippen LogP contribution in [0, 0.1) is 0 Å². The summed E-state index contributed by atoms with van der Waals surface area (Å²) in [4.78, 5) is -1.76. The maximum Gasteiger partial charge on any atom is 0.390 e. The smallest absolute Gasteiger partial charge is 0.390 e. The van der Waals surface area contributed by atoms with E-state index in [1.165, 1.54) is 0 Å². The predicted molar refractivity (Wildman–Crippen MR) is 72.1 cm³/mol. The molecule has 118 valence electrons. The van der Waals surface area contributed by atoms with Crippen molar-refractivity contribution in [2.45, 2.75) is 17.5 Å². The number of anilines is 1. The molecule has 0 amide bonds. The van der Waals surface area contributed by atoms with Crippen LogP contribution >= 0.6 is 41.7 Å². The lowest BCUT2D eigenvalue weighted by atomic mass is 10.3. The Balaban J connectivity index is 3.38. The third kappa shape index (κ3) is 4.17. The topological polar surface area (TPSA) is 26.0 Å². The zero-order valence-corrected chi connectivity index (χ0v) is 13.4. The van der Waals surface area contributed by atoms with Gasteiger partial charge in [0.05, 0.1) is 22.8 Å². The van der Waals surface area contributed by atoms with Crippen molar-refractivity contribution in [2.75, 3.05) is 11.5 Å². The molecule has 0 aromatic heterocycles. The van der Waals surface area contributed by atoms with Gasteiger partial charge in [-0.25, -0.2) is 0 Å². The lowest BCUT2D eigenvalue weighted by Gasteiger charge is -2.50. The minimum Gasteiger partial charge on any atom is -0.397 e. The van der Waals surface area contributed by atoms with E-state index in [1.54, 1.807) is 0 Å². The monoisotopic (exact) mass is 453 g/mol. The number of hydrogen-bond acceptors (Lipinski definition) is 1. The molecule has 0 aliphatic carbocycles. The van der Waals surface area contributed by atoms with Gasteiger partial charge in [-0.15, -0.1) is 15.5 Å². The second-order valence-electron chi connectivity index (χ2n) is 4.11. The average Bonchev–Trinajstić information content (AvgIpc) is 2.21. The van der Waals surface area contributed by atoms with E-state index in [2.05, 4.69) is 31.9 Å². The molecule has 0 saturated carbocycles. The van der Waals surface area contributed by atoms with Gasteiger partial charge in [0.25, 0.3) is 0 Å². The summed E-state index contributed by atoms with van der Waals surface area (Å²) in [6, 6.07) is 0.691. The molecule has 0 aliphatic heterocycles. The molecule has 1 rings (SSSR count). The molecule has 0 atom stereocenters. The summed E-state index contributed by atoms with van der Waals surface area (Å²) < 4.78 is 90.4. The molecular formula is C9H8Br2F7NS. The molecule has 0 unspecified atom stereocenters. The van der Waals surface area contributed by atoms with Gasteiger partial charge in [-0.1, -0.05) is 0 Å². The molecule has 0 aliphatic rings. The van der Waals surface area contributed by atoms with Gasteiger partial charge in [0.1, 0.15) is 0 Å². The first kappa shape index (κ1) is 17.9. The van der Waals surface area contributed by atoms with Gasteiger partial charge >= 0.3 is 6.18 Å². The lowest BCUT2D eigenvalue weighted by Crippen LogP contribution is -2.24. The molecule has 0 fully saturated rings. The minimum absolute atomic E-state index is 0.113.